The summed E-state index contributed by atoms with van der Waals surface area (Å²) in [6.45, 7) is 2.30. The zero-order valence-corrected chi connectivity index (χ0v) is 7.30. The van der Waals surface area contributed by atoms with E-state index in [2.05, 4.69) is 0 Å². The highest BCUT2D eigenvalue weighted by molar-refractivity contribution is 4.88. The zero-order valence-electron chi connectivity index (χ0n) is 7.30. The van der Waals surface area contributed by atoms with E-state index in [0.29, 0.717) is 5.76 Å². The van der Waals surface area contributed by atoms with Crippen LogP contribution in [-0.2, 0) is 18.9 Å². The van der Waals surface area contributed by atoms with E-state index in [-0.39, 0.29) is 13.2 Å². The van der Waals surface area contributed by atoms with Crippen molar-refractivity contribution in [2.75, 3.05) is 13.2 Å². The van der Waals surface area contributed by atoms with Gasteiger partial charge in [0.2, 0.25) is 6.29 Å². The van der Waals surface area contributed by atoms with Crippen LogP contribution in [0.25, 0.3) is 0 Å². The maximum atomic E-state index is 9.08. The fourth-order valence-corrected chi connectivity index (χ4v) is 1.19. The lowest BCUT2D eigenvalue weighted by Gasteiger charge is -2.29. The normalized spacial score (nSPS) is 39.2. The van der Waals surface area contributed by atoms with E-state index in [1.54, 1.807) is 6.92 Å². The molecule has 1 fully saturated rings. The summed E-state index contributed by atoms with van der Waals surface area (Å²) in [7, 11) is 0. The molecular formula is C8H12O5. The number of hydrogen-bond donors (Lipinski definition) is 1. The molecular weight excluding hydrogens is 176 g/mol. The number of hydrogen-bond acceptors (Lipinski definition) is 5. The molecule has 1 unspecified atom stereocenters. The summed E-state index contributed by atoms with van der Waals surface area (Å²) in [5.74, 6) is 0.698. The van der Waals surface area contributed by atoms with Crippen LogP contribution in [0.5, 0.6) is 0 Å². The van der Waals surface area contributed by atoms with Gasteiger partial charge in [0.25, 0.3) is 6.29 Å². The topological polar surface area (TPSA) is 57.2 Å². The van der Waals surface area contributed by atoms with Crippen molar-refractivity contribution in [1.82, 2.24) is 0 Å². The van der Waals surface area contributed by atoms with E-state index in [0.717, 1.165) is 0 Å². The first-order chi connectivity index (χ1) is 6.25. The Morgan fingerprint density at radius 1 is 1.31 bits per heavy atom. The summed E-state index contributed by atoms with van der Waals surface area (Å²) in [5, 5.41) is 9.08. The van der Waals surface area contributed by atoms with Crippen molar-refractivity contribution in [1.29, 1.82) is 0 Å². The molecule has 0 saturated carbocycles. The summed E-state index contributed by atoms with van der Waals surface area (Å²) >= 11 is 0. The molecule has 0 amide bonds. The third-order valence-corrected chi connectivity index (χ3v) is 1.80. The van der Waals surface area contributed by atoms with Crippen LogP contribution >= 0.6 is 0 Å². The first-order valence-corrected chi connectivity index (χ1v) is 4.16. The van der Waals surface area contributed by atoms with E-state index in [4.69, 9.17) is 24.1 Å². The molecule has 5 heteroatoms. The van der Waals surface area contributed by atoms with Crippen LogP contribution in [0.15, 0.2) is 12.0 Å². The van der Waals surface area contributed by atoms with Crippen LogP contribution in [0.1, 0.15) is 6.92 Å². The average molecular weight is 188 g/mol. The highest BCUT2D eigenvalue weighted by Gasteiger charge is 2.33. The molecule has 1 atom stereocenters. The molecule has 0 aromatic carbocycles. The van der Waals surface area contributed by atoms with Crippen molar-refractivity contribution >= 4 is 0 Å². The van der Waals surface area contributed by atoms with Gasteiger partial charge in [-0.15, -0.1) is 0 Å². The summed E-state index contributed by atoms with van der Waals surface area (Å²) in [6, 6.07) is 0. The molecule has 74 valence electrons. The fourth-order valence-electron chi connectivity index (χ4n) is 1.19. The van der Waals surface area contributed by atoms with Gasteiger partial charge in [-0.25, -0.2) is 0 Å². The van der Waals surface area contributed by atoms with Gasteiger partial charge in [0.05, 0.1) is 13.2 Å². The Hall–Kier alpha value is -0.780. The third-order valence-electron chi connectivity index (χ3n) is 1.80. The quantitative estimate of drug-likeness (QED) is 0.625. The summed E-state index contributed by atoms with van der Waals surface area (Å²) in [4.78, 5) is 0. The molecule has 13 heavy (non-hydrogen) atoms. The maximum absolute atomic E-state index is 9.08. The van der Waals surface area contributed by atoms with Crippen LogP contribution in [0.2, 0.25) is 0 Å². The standard InChI is InChI=1S/C8H12O5/c1-5-2-10-8(13-5)7-11-3-6(9)4-12-7/h2,6-9H,3-4H2,1H3. The van der Waals surface area contributed by atoms with Gasteiger partial charge in [-0.3, -0.25) is 0 Å². The molecule has 2 aliphatic rings. The van der Waals surface area contributed by atoms with E-state index >= 15 is 0 Å². The number of allylic oxidation sites excluding steroid dienone is 1. The summed E-state index contributed by atoms with van der Waals surface area (Å²) < 4.78 is 20.7. The van der Waals surface area contributed by atoms with Gasteiger partial charge in [-0.1, -0.05) is 0 Å². The van der Waals surface area contributed by atoms with Gasteiger partial charge in [-0.05, 0) is 6.92 Å². The molecule has 1 saturated heterocycles. The van der Waals surface area contributed by atoms with E-state index in [1.807, 2.05) is 0 Å². The maximum Gasteiger partial charge on any atom is 0.291 e. The minimum atomic E-state index is -0.549. The van der Waals surface area contributed by atoms with Crippen molar-refractivity contribution in [3.8, 4) is 0 Å². The first-order valence-electron chi connectivity index (χ1n) is 4.16. The number of aliphatic hydroxyl groups excluding tert-OH is 1. The van der Waals surface area contributed by atoms with E-state index in [1.165, 1.54) is 6.26 Å². The lowest BCUT2D eigenvalue weighted by molar-refractivity contribution is -0.287. The van der Waals surface area contributed by atoms with Gasteiger partial charge >= 0.3 is 0 Å². The average Bonchev–Trinajstić information content (AvgIpc) is 2.53. The Balaban J connectivity index is 1.82. The zero-order chi connectivity index (χ0) is 9.26. The smallest absolute Gasteiger partial charge is 0.291 e. The second kappa shape index (κ2) is 3.53. The predicted molar refractivity (Wildman–Crippen MR) is 41.4 cm³/mol. The summed E-state index contributed by atoms with van der Waals surface area (Å²) in [6.07, 6.45) is -0.112. The summed E-state index contributed by atoms with van der Waals surface area (Å²) in [5.41, 5.74) is 0. The van der Waals surface area contributed by atoms with Crippen LogP contribution in [0, 0.1) is 0 Å². The first kappa shape index (κ1) is 8.80. The van der Waals surface area contributed by atoms with Crippen molar-refractivity contribution in [3.63, 3.8) is 0 Å². The fraction of sp³-hybridized carbons (Fsp3) is 0.750. The van der Waals surface area contributed by atoms with Crippen molar-refractivity contribution < 1.29 is 24.1 Å². The van der Waals surface area contributed by atoms with Crippen LogP contribution in [0.3, 0.4) is 0 Å². The van der Waals surface area contributed by atoms with Crippen LogP contribution < -0.4 is 0 Å². The SMILES string of the molecule is CC1=COC(C2OCC(O)CO2)O1. The predicted octanol–water partition coefficient (Wildman–Crippen LogP) is -0.0456. The Morgan fingerprint density at radius 3 is 2.54 bits per heavy atom. The number of aliphatic hydroxyl groups is 1. The lowest BCUT2D eigenvalue weighted by atomic mass is 10.4. The third kappa shape index (κ3) is 1.93. The van der Waals surface area contributed by atoms with Gasteiger partial charge in [0.15, 0.2) is 0 Å². The number of rotatable bonds is 1. The molecule has 2 aliphatic heterocycles. The molecule has 0 bridgehead atoms. The van der Waals surface area contributed by atoms with Gasteiger partial charge in [-0.2, -0.15) is 0 Å². The van der Waals surface area contributed by atoms with Gasteiger partial charge in [0.1, 0.15) is 18.1 Å². The van der Waals surface area contributed by atoms with Gasteiger partial charge in [0, 0.05) is 0 Å². The molecule has 5 nitrogen and oxygen atoms in total. The number of ether oxygens (including phenoxy) is 4. The van der Waals surface area contributed by atoms with Crippen molar-refractivity contribution in [2.24, 2.45) is 0 Å². The molecule has 0 radical (unpaired) electrons. The monoisotopic (exact) mass is 188 g/mol. The van der Waals surface area contributed by atoms with Crippen molar-refractivity contribution in [3.05, 3.63) is 12.0 Å². The second-order valence-corrected chi connectivity index (χ2v) is 3.04. The highest BCUT2D eigenvalue weighted by Crippen LogP contribution is 2.21. The molecule has 0 aromatic heterocycles. The van der Waals surface area contributed by atoms with Gasteiger partial charge < -0.3 is 24.1 Å². The molecule has 0 aliphatic carbocycles. The van der Waals surface area contributed by atoms with E-state index in [9.17, 15) is 0 Å². The molecule has 2 heterocycles. The Labute approximate surface area is 75.8 Å². The van der Waals surface area contributed by atoms with Crippen LogP contribution in [-0.4, -0.2) is 37.0 Å². The minimum Gasteiger partial charge on any atom is -0.454 e. The Bertz CT molecular complexity index is 207. The molecule has 0 spiro atoms. The molecule has 2 rings (SSSR count). The van der Waals surface area contributed by atoms with Crippen LogP contribution in [0.4, 0.5) is 0 Å². The highest BCUT2D eigenvalue weighted by atomic mass is 16.8. The van der Waals surface area contributed by atoms with E-state index < -0.39 is 18.7 Å². The minimum absolute atomic E-state index is 0.257. The van der Waals surface area contributed by atoms with Crippen molar-refractivity contribution in [2.45, 2.75) is 25.6 Å². The second-order valence-electron chi connectivity index (χ2n) is 3.04. The lowest BCUT2D eigenvalue weighted by Crippen LogP contribution is -2.42. The molecule has 1 N–H and O–H groups in total. The Kier molecular flexibility index (Phi) is 2.39. The molecule has 0 aromatic rings. The largest absolute Gasteiger partial charge is 0.454 e. The Morgan fingerprint density at radius 2 is 2.00 bits per heavy atom.